The molecule has 0 bridgehead atoms. The third-order valence-electron chi connectivity index (χ3n) is 3.80. The van der Waals surface area contributed by atoms with Gasteiger partial charge in [0.25, 0.3) is 0 Å². The molecule has 3 nitrogen and oxygen atoms in total. The second-order valence-electron chi connectivity index (χ2n) is 5.13. The van der Waals surface area contributed by atoms with Crippen molar-refractivity contribution in [1.29, 1.82) is 0 Å². The molecule has 1 aromatic carbocycles. The number of rotatable bonds is 3. The van der Waals surface area contributed by atoms with Crippen molar-refractivity contribution in [3.63, 3.8) is 0 Å². The highest BCUT2D eigenvalue weighted by Gasteiger charge is 2.25. The lowest BCUT2D eigenvalue weighted by Gasteiger charge is -2.19. The number of nitrogens with zero attached hydrogens (tertiary/aromatic N) is 1. The van der Waals surface area contributed by atoms with E-state index in [0.717, 1.165) is 32.1 Å². The Morgan fingerprint density at radius 3 is 2.79 bits per heavy atom. The second kappa shape index (κ2) is 6.33. The highest BCUT2D eigenvalue weighted by molar-refractivity contribution is 6.20. The van der Waals surface area contributed by atoms with E-state index >= 15 is 0 Å². The molecule has 5 heteroatoms. The molecule has 1 aliphatic carbocycles. The van der Waals surface area contributed by atoms with Crippen LogP contribution in [0.5, 0.6) is 0 Å². The summed E-state index contributed by atoms with van der Waals surface area (Å²) in [7, 11) is 0. The van der Waals surface area contributed by atoms with Crippen molar-refractivity contribution < 1.29 is 9.31 Å². The van der Waals surface area contributed by atoms with Gasteiger partial charge in [-0.3, -0.25) is 10.1 Å². The molecule has 1 saturated carbocycles. The summed E-state index contributed by atoms with van der Waals surface area (Å²) in [4.78, 5) is 10.0. The zero-order chi connectivity index (χ0) is 13.8. The molecule has 0 heterocycles. The SMILES string of the molecule is O=[N+]([O-])c1cccc(CC2CCCCCC2Cl)c1F. The Labute approximate surface area is 116 Å². The maximum absolute atomic E-state index is 14.0. The molecule has 104 valence electrons. The molecule has 0 N–H and O–H groups in total. The van der Waals surface area contributed by atoms with Crippen LogP contribution in [0.3, 0.4) is 0 Å². The Balaban J connectivity index is 2.18. The van der Waals surface area contributed by atoms with Gasteiger partial charge in [-0.1, -0.05) is 31.4 Å². The highest BCUT2D eigenvalue weighted by Crippen LogP contribution is 2.32. The number of nitro groups is 1. The zero-order valence-corrected chi connectivity index (χ0v) is 11.4. The fraction of sp³-hybridized carbons (Fsp3) is 0.571. The highest BCUT2D eigenvalue weighted by atomic mass is 35.5. The molecule has 2 unspecified atom stereocenters. The summed E-state index contributed by atoms with van der Waals surface area (Å²) < 4.78 is 14.0. The number of halogens is 2. The van der Waals surface area contributed by atoms with E-state index in [9.17, 15) is 14.5 Å². The summed E-state index contributed by atoms with van der Waals surface area (Å²) >= 11 is 6.34. The molecule has 1 fully saturated rings. The van der Waals surface area contributed by atoms with E-state index < -0.39 is 16.4 Å². The standard InChI is InChI=1S/C14H17ClFNO2/c15-12-7-3-1-2-5-10(12)9-11-6-4-8-13(14(11)16)17(18)19/h4,6,8,10,12H,1-3,5,7,9H2. The predicted octanol–water partition coefficient (Wildman–Crippen LogP) is 4.46. The van der Waals surface area contributed by atoms with Crippen molar-refractivity contribution in [2.24, 2.45) is 5.92 Å². The molecule has 0 radical (unpaired) electrons. The van der Waals surface area contributed by atoms with Crippen LogP contribution in [-0.2, 0) is 6.42 Å². The van der Waals surface area contributed by atoms with Gasteiger partial charge in [0.2, 0.25) is 5.82 Å². The molecule has 0 aromatic heterocycles. The topological polar surface area (TPSA) is 43.1 Å². The van der Waals surface area contributed by atoms with Crippen molar-refractivity contribution in [2.45, 2.75) is 43.9 Å². The summed E-state index contributed by atoms with van der Waals surface area (Å²) in [6.07, 6.45) is 5.78. The van der Waals surface area contributed by atoms with E-state index in [1.807, 2.05) is 0 Å². The summed E-state index contributed by atoms with van der Waals surface area (Å²) in [6.45, 7) is 0. The average molecular weight is 286 g/mol. The second-order valence-corrected chi connectivity index (χ2v) is 5.69. The first-order valence-electron chi connectivity index (χ1n) is 6.65. The van der Waals surface area contributed by atoms with Gasteiger partial charge < -0.3 is 0 Å². The monoisotopic (exact) mass is 285 g/mol. The van der Waals surface area contributed by atoms with Gasteiger partial charge in [-0.2, -0.15) is 4.39 Å². The largest absolute Gasteiger partial charge is 0.305 e. The van der Waals surface area contributed by atoms with Crippen LogP contribution in [0.1, 0.15) is 37.7 Å². The summed E-state index contributed by atoms with van der Waals surface area (Å²) in [5.41, 5.74) is -0.0380. The van der Waals surface area contributed by atoms with Crippen molar-refractivity contribution in [1.82, 2.24) is 0 Å². The fourth-order valence-corrected chi connectivity index (χ4v) is 3.09. The van der Waals surface area contributed by atoms with E-state index in [2.05, 4.69) is 0 Å². The fourth-order valence-electron chi connectivity index (χ4n) is 2.72. The van der Waals surface area contributed by atoms with E-state index in [0.29, 0.717) is 12.0 Å². The van der Waals surface area contributed by atoms with E-state index in [1.165, 1.54) is 12.1 Å². The van der Waals surface area contributed by atoms with Crippen LogP contribution in [0.15, 0.2) is 18.2 Å². The number of benzene rings is 1. The van der Waals surface area contributed by atoms with E-state index in [4.69, 9.17) is 11.6 Å². The molecule has 19 heavy (non-hydrogen) atoms. The van der Waals surface area contributed by atoms with E-state index in [1.54, 1.807) is 6.07 Å². The zero-order valence-electron chi connectivity index (χ0n) is 10.6. The van der Waals surface area contributed by atoms with Gasteiger partial charge in [0, 0.05) is 11.4 Å². The normalized spacial score (nSPS) is 23.9. The maximum atomic E-state index is 14.0. The molecule has 2 rings (SSSR count). The Kier molecular flexibility index (Phi) is 4.75. The van der Waals surface area contributed by atoms with Crippen molar-refractivity contribution >= 4 is 17.3 Å². The predicted molar refractivity (Wildman–Crippen MR) is 73.0 cm³/mol. The van der Waals surface area contributed by atoms with Crippen LogP contribution >= 0.6 is 11.6 Å². The Morgan fingerprint density at radius 2 is 2.05 bits per heavy atom. The van der Waals surface area contributed by atoms with Gasteiger partial charge in [-0.25, -0.2) is 0 Å². The minimum Gasteiger partial charge on any atom is -0.258 e. The molecule has 0 spiro atoms. The Hall–Kier alpha value is -1.16. The summed E-state index contributed by atoms with van der Waals surface area (Å²) in [5.74, 6) is -0.499. The first kappa shape index (κ1) is 14.3. The van der Waals surface area contributed by atoms with Gasteiger partial charge in [-0.05, 0) is 30.7 Å². The van der Waals surface area contributed by atoms with Gasteiger partial charge >= 0.3 is 5.69 Å². The van der Waals surface area contributed by atoms with Crippen LogP contribution in [-0.4, -0.2) is 10.3 Å². The lowest BCUT2D eigenvalue weighted by atomic mass is 9.91. The number of hydrogen-bond donors (Lipinski definition) is 0. The molecule has 0 aliphatic heterocycles. The van der Waals surface area contributed by atoms with Gasteiger partial charge in [0.05, 0.1) is 4.92 Å². The van der Waals surface area contributed by atoms with Crippen LogP contribution < -0.4 is 0 Å². The number of nitro benzene ring substituents is 1. The first-order chi connectivity index (χ1) is 9.09. The number of hydrogen-bond acceptors (Lipinski definition) is 2. The molecular formula is C14H17ClFNO2. The lowest BCUT2D eigenvalue weighted by molar-refractivity contribution is -0.387. The van der Waals surface area contributed by atoms with Crippen molar-refractivity contribution in [3.05, 3.63) is 39.7 Å². The lowest BCUT2D eigenvalue weighted by Crippen LogP contribution is -2.17. The molecule has 1 aromatic rings. The van der Waals surface area contributed by atoms with Crippen molar-refractivity contribution in [2.75, 3.05) is 0 Å². The van der Waals surface area contributed by atoms with Gasteiger partial charge in [0.15, 0.2) is 0 Å². The van der Waals surface area contributed by atoms with Crippen LogP contribution in [0.25, 0.3) is 0 Å². The summed E-state index contributed by atoms with van der Waals surface area (Å²) in [5, 5.41) is 10.8. The minimum atomic E-state index is -0.708. The summed E-state index contributed by atoms with van der Waals surface area (Å²) in [6, 6.07) is 4.36. The van der Waals surface area contributed by atoms with E-state index in [-0.39, 0.29) is 11.3 Å². The third-order valence-corrected chi connectivity index (χ3v) is 4.38. The smallest absolute Gasteiger partial charge is 0.258 e. The van der Waals surface area contributed by atoms with Crippen LogP contribution in [0.2, 0.25) is 0 Å². The molecule has 0 saturated heterocycles. The quantitative estimate of drug-likeness (QED) is 0.356. The maximum Gasteiger partial charge on any atom is 0.305 e. The Morgan fingerprint density at radius 1 is 1.32 bits per heavy atom. The first-order valence-corrected chi connectivity index (χ1v) is 7.09. The van der Waals surface area contributed by atoms with Crippen molar-refractivity contribution in [3.8, 4) is 0 Å². The van der Waals surface area contributed by atoms with Crippen LogP contribution in [0, 0.1) is 21.8 Å². The molecular weight excluding hydrogens is 269 g/mol. The minimum absolute atomic E-state index is 0.0427. The third kappa shape index (κ3) is 3.44. The Bertz CT molecular complexity index is 467. The van der Waals surface area contributed by atoms with Gasteiger partial charge in [0.1, 0.15) is 0 Å². The molecule has 1 aliphatic rings. The van der Waals surface area contributed by atoms with Gasteiger partial charge in [-0.15, -0.1) is 11.6 Å². The average Bonchev–Trinajstić information content (AvgIpc) is 2.57. The molecule has 0 amide bonds. The molecule has 2 atom stereocenters. The van der Waals surface area contributed by atoms with Crippen LogP contribution in [0.4, 0.5) is 10.1 Å². The number of alkyl halides is 1.